The molecule has 20 heavy (non-hydrogen) atoms. The highest BCUT2D eigenvalue weighted by atomic mass is 19.1. The summed E-state index contributed by atoms with van der Waals surface area (Å²) in [6.45, 7) is 0.195. The van der Waals surface area contributed by atoms with Crippen molar-refractivity contribution in [2.75, 3.05) is 12.1 Å². The Morgan fingerprint density at radius 1 is 1.15 bits per heavy atom. The Morgan fingerprint density at radius 2 is 1.95 bits per heavy atom. The van der Waals surface area contributed by atoms with E-state index in [0.717, 1.165) is 5.56 Å². The molecule has 1 aliphatic rings. The van der Waals surface area contributed by atoms with E-state index in [-0.39, 0.29) is 24.8 Å². The van der Waals surface area contributed by atoms with Crippen molar-refractivity contribution in [3.05, 3.63) is 53.8 Å². The second kappa shape index (κ2) is 5.21. The van der Waals surface area contributed by atoms with Crippen LogP contribution in [0.15, 0.2) is 42.5 Å². The summed E-state index contributed by atoms with van der Waals surface area (Å²) in [4.78, 5) is 11.9. The molecule has 5 heteroatoms. The lowest BCUT2D eigenvalue weighted by atomic mass is 10.1. The van der Waals surface area contributed by atoms with E-state index in [4.69, 9.17) is 9.47 Å². The number of nitrogens with one attached hydrogen (secondary N) is 1. The Bertz CT molecular complexity index is 657. The topological polar surface area (TPSA) is 47.6 Å². The van der Waals surface area contributed by atoms with Crippen molar-refractivity contribution in [1.29, 1.82) is 0 Å². The average molecular weight is 273 g/mol. The van der Waals surface area contributed by atoms with Crippen LogP contribution >= 0.6 is 0 Å². The summed E-state index contributed by atoms with van der Waals surface area (Å²) < 4.78 is 23.9. The van der Waals surface area contributed by atoms with Gasteiger partial charge in [-0.2, -0.15) is 0 Å². The van der Waals surface area contributed by atoms with Gasteiger partial charge >= 0.3 is 0 Å². The molecule has 0 aliphatic carbocycles. The van der Waals surface area contributed by atoms with Gasteiger partial charge in [-0.15, -0.1) is 0 Å². The maximum atomic E-state index is 13.4. The minimum absolute atomic E-state index is 0.144. The molecule has 0 radical (unpaired) electrons. The molecule has 102 valence electrons. The van der Waals surface area contributed by atoms with Gasteiger partial charge in [0.15, 0.2) is 11.5 Å². The first-order valence-electron chi connectivity index (χ1n) is 6.15. The normalized spacial score (nSPS) is 12.2. The molecule has 1 aliphatic heterocycles. The number of anilines is 1. The number of fused-ring (bicyclic) bond motifs is 1. The summed E-state index contributed by atoms with van der Waals surface area (Å²) >= 11 is 0. The molecule has 4 nitrogen and oxygen atoms in total. The van der Waals surface area contributed by atoms with Crippen molar-refractivity contribution < 1.29 is 18.7 Å². The monoisotopic (exact) mass is 273 g/mol. The smallest absolute Gasteiger partial charge is 0.231 e. The molecule has 0 atom stereocenters. The fourth-order valence-electron chi connectivity index (χ4n) is 1.99. The van der Waals surface area contributed by atoms with Gasteiger partial charge in [0.05, 0.1) is 12.1 Å². The molecule has 2 aromatic carbocycles. The first kappa shape index (κ1) is 12.5. The summed E-state index contributed by atoms with van der Waals surface area (Å²) in [6, 6.07) is 11.4. The van der Waals surface area contributed by atoms with Crippen LogP contribution in [0, 0.1) is 5.82 Å². The molecular weight excluding hydrogens is 261 g/mol. The third-order valence-electron chi connectivity index (χ3n) is 2.95. The van der Waals surface area contributed by atoms with Crippen molar-refractivity contribution in [2.24, 2.45) is 0 Å². The molecule has 0 fully saturated rings. The SMILES string of the molecule is O=C(Cc1ccc2c(c1)OCO2)Nc1ccccc1F. The second-order valence-electron chi connectivity index (χ2n) is 4.39. The Kier molecular flexibility index (Phi) is 3.25. The van der Waals surface area contributed by atoms with Crippen LogP contribution < -0.4 is 14.8 Å². The molecule has 0 saturated heterocycles. The molecule has 0 aromatic heterocycles. The predicted octanol–water partition coefficient (Wildman–Crippen LogP) is 2.74. The lowest BCUT2D eigenvalue weighted by Crippen LogP contribution is -2.15. The summed E-state index contributed by atoms with van der Waals surface area (Å²) in [5.74, 6) is 0.560. The fourth-order valence-corrected chi connectivity index (χ4v) is 1.99. The highest BCUT2D eigenvalue weighted by Gasteiger charge is 2.14. The van der Waals surface area contributed by atoms with Gasteiger partial charge in [0.2, 0.25) is 12.7 Å². The minimum Gasteiger partial charge on any atom is -0.454 e. The molecule has 0 bridgehead atoms. The van der Waals surface area contributed by atoms with Gasteiger partial charge in [-0.25, -0.2) is 4.39 Å². The Hall–Kier alpha value is -2.56. The van der Waals surface area contributed by atoms with Gasteiger partial charge in [0, 0.05) is 0 Å². The molecule has 0 spiro atoms. The van der Waals surface area contributed by atoms with E-state index in [1.165, 1.54) is 12.1 Å². The molecule has 1 heterocycles. The maximum absolute atomic E-state index is 13.4. The zero-order valence-corrected chi connectivity index (χ0v) is 10.6. The van der Waals surface area contributed by atoms with Crippen LogP contribution in [0.5, 0.6) is 11.5 Å². The van der Waals surface area contributed by atoms with Gasteiger partial charge in [-0.1, -0.05) is 18.2 Å². The Morgan fingerprint density at radius 3 is 2.80 bits per heavy atom. The number of hydrogen-bond donors (Lipinski definition) is 1. The molecule has 0 unspecified atom stereocenters. The summed E-state index contributed by atoms with van der Waals surface area (Å²) in [6.07, 6.45) is 0.144. The van der Waals surface area contributed by atoms with E-state index in [0.29, 0.717) is 11.5 Å². The second-order valence-corrected chi connectivity index (χ2v) is 4.39. The predicted molar refractivity (Wildman–Crippen MR) is 71.3 cm³/mol. The lowest BCUT2D eigenvalue weighted by Gasteiger charge is -2.06. The third kappa shape index (κ3) is 2.56. The zero-order valence-electron chi connectivity index (χ0n) is 10.6. The van der Waals surface area contributed by atoms with E-state index in [2.05, 4.69) is 5.32 Å². The van der Waals surface area contributed by atoms with Crippen LogP contribution in [0.3, 0.4) is 0 Å². The van der Waals surface area contributed by atoms with Crippen molar-refractivity contribution in [1.82, 2.24) is 0 Å². The van der Waals surface area contributed by atoms with Crippen LogP contribution in [0.1, 0.15) is 5.56 Å². The molecule has 3 rings (SSSR count). The van der Waals surface area contributed by atoms with Gasteiger partial charge < -0.3 is 14.8 Å². The van der Waals surface area contributed by atoms with Crippen LogP contribution in [0.25, 0.3) is 0 Å². The summed E-state index contributed by atoms with van der Waals surface area (Å²) in [7, 11) is 0. The van der Waals surface area contributed by atoms with Gasteiger partial charge in [0.25, 0.3) is 0 Å². The van der Waals surface area contributed by atoms with Gasteiger partial charge in [0.1, 0.15) is 5.82 Å². The van der Waals surface area contributed by atoms with E-state index in [1.807, 2.05) is 0 Å². The first-order chi connectivity index (χ1) is 9.72. The van der Waals surface area contributed by atoms with E-state index >= 15 is 0 Å². The Labute approximate surface area is 115 Å². The number of carbonyl (C=O) groups excluding carboxylic acids is 1. The minimum atomic E-state index is -0.452. The van der Waals surface area contributed by atoms with Crippen LogP contribution in [0.4, 0.5) is 10.1 Å². The van der Waals surface area contributed by atoms with Crippen LogP contribution in [0.2, 0.25) is 0 Å². The quantitative estimate of drug-likeness (QED) is 0.935. The maximum Gasteiger partial charge on any atom is 0.231 e. The highest BCUT2D eigenvalue weighted by molar-refractivity contribution is 5.92. The number of rotatable bonds is 3. The number of hydrogen-bond acceptors (Lipinski definition) is 3. The van der Waals surface area contributed by atoms with E-state index < -0.39 is 5.82 Å². The molecule has 2 aromatic rings. The van der Waals surface area contributed by atoms with Gasteiger partial charge in [-0.05, 0) is 29.8 Å². The van der Waals surface area contributed by atoms with Crippen molar-refractivity contribution in [2.45, 2.75) is 6.42 Å². The highest BCUT2D eigenvalue weighted by Crippen LogP contribution is 2.32. The van der Waals surface area contributed by atoms with Crippen molar-refractivity contribution in [3.63, 3.8) is 0 Å². The van der Waals surface area contributed by atoms with Crippen LogP contribution in [-0.2, 0) is 11.2 Å². The number of carbonyl (C=O) groups is 1. The summed E-state index contributed by atoms with van der Waals surface area (Å²) in [5.41, 5.74) is 0.960. The van der Waals surface area contributed by atoms with Gasteiger partial charge in [-0.3, -0.25) is 4.79 Å². The van der Waals surface area contributed by atoms with E-state index in [9.17, 15) is 9.18 Å². The van der Waals surface area contributed by atoms with Crippen molar-refractivity contribution in [3.8, 4) is 11.5 Å². The zero-order chi connectivity index (χ0) is 13.9. The fraction of sp³-hybridized carbons (Fsp3) is 0.133. The average Bonchev–Trinajstić information content (AvgIpc) is 2.89. The molecule has 1 N–H and O–H groups in total. The van der Waals surface area contributed by atoms with E-state index in [1.54, 1.807) is 30.3 Å². The lowest BCUT2D eigenvalue weighted by molar-refractivity contribution is -0.115. The number of halogens is 1. The number of para-hydroxylation sites is 1. The molecular formula is C15H12FNO3. The number of ether oxygens (including phenoxy) is 2. The molecule has 1 amide bonds. The third-order valence-corrected chi connectivity index (χ3v) is 2.95. The largest absolute Gasteiger partial charge is 0.454 e. The number of benzene rings is 2. The number of amides is 1. The molecule has 0 saturated carbocycles. The Balaban J connectivity index is 1.69. The van der Waals surface area contributed by atoms with Crippen molar-refractivity contribution >= 4 is 11.6 Å². The van der Waals surface area contributed by atoms with Crippen LogP contribution in [-0.4, -0.2) is 12.7 Å². The standard InChI is InChI=1S/C15H12FNO3/c16-11-3-1-2-4-12(11)17-15(18)8-10-5-6-13-14(7-10)20-9-19-13/h1-7H,8-9H2,(H,17,18). The summed E-state index contributed by atoms with van der Waals surface area (Å²) in [5, 5.41) is 2.54. The first-order valence-corrected chi connectivity index (χ1v) is 6.15.